The maximum atomic E-state index is 13.1. The van der Waals surface area contributed by atoms with Gasteiger partial charge in [0.25, 0.3) is 5.91 Å². The van der Waals surface area contributed by atoms with Crippen LogP contribution in [0.15, 0.2) is 83.3 Å². The van der Waals surface area contributed by atoms with E-state index in [1.807, 2.05) is 72.8 Å². The van der Waals surface area contributed by atoms with Gasteiger partial charge in [0.15, 0.2) is 5.11 Å². The Hall–Kier alpha value is -3.75. The van der Waals surface area contributed by atoms with Gasteiger partial charge in [-0.15, -0.1) is 0 Å². The summed E-state index contributed by atoms with van der Waals surface area (Å²) in [5, 5.41) is 7.88. The van der Waals surface area contributed by atoms with E-state index >= 15 is 0 Å². The lowest BCUT2D eigenvalue weighted by Crippen LogP contribution is -2.34. The predicted molar refractivity (Wildman–Crippen MR) is 143 cm³/mol. The summed E-state index contributed by atoms with van der Waals surface area (Å²) in [5.41, 5.74) is 3.88. The number of carbonyl (C=O) groups is 1. The second-order valence-electron chi connectivity index (χ2n) is 7.58. The first kappa shape index (κ1) is 22.1. The molecule has 0 bridgehead atoms. The largest absolute Gasteiger partial charge is 0.495 e. The third-order valence-electron chi connectivity index (χ3n) is 5.40. The molecule has 0 aliphatic heterocycles. The maximum absolute atomic E-state index is 13.1. The molecule has 8 heteroatoms. The van der Waals surface area contributed by atoms with Gasteiger partial charge in [0.1, 0.15) is 11.6 Å². The summed E-state index contributed by atoms with van der Waals surface area (Å²) in [7, 11) is 1.53. The highest BCUT2D eigenvalue weighted by atomic mass is 79.9. The normalized spacial score (nSPS) is 10.9. The number of imidazole rings is 1. The molecular formula is C26H19BrN4O2S. The number of anilines is 1. The number of H-pyrrole nitrogens is 1. The van der Waals surface area contributed by atoms with Gasteiger partial charge in [-0.25, -0.2) is 4.98 Å². The number of carbonyl (C=O) groups excluding carboxylic acids is 1. The monoisotopic (exact) mass is 530 g/mol. The SMILES string of the molecule is COc1c(C(=O)NC(=S)Nc2cccc(-c3nc4ccccc4[nH]3)c2)cc2ccccc2c1Br. The number of nitrogens with zero attached hydrogens (tertiary/aromatic N) is 1. The number of amides is 1. The van der Waals surface area contributed by atoms with Crippen LogP contribution >= 0.6 is 28.1 Å². The van der Waals surface area contributed by atoms with Crippen molar-refractivity contribution in [1.29, 1.82) is 0 Å². The molecule has 34 heavy (non-hydrogen) atoms. The fourth-order valence-corrected chi connectivity index (χ4v) is 4.77. The molecule has 0 fully saturated rings. The molecule has 0 spiro atoms. The molecule has 0 saturated carbocycles. The number of aromatic amines is 1. The Labute approximate surface area is 209 Å². The van der Waals surface area contributed by atoms with E-state index in [9.17, 15) is 4.79 Å². The van der Waals surface area contributed by atoms with Crippen molar-refractivity contribution < 1.29 is 9.53 Å². The molecule has 1 amide bonds. The Bertz CT molecular complexity index is 1530. The Balaban J connectivity index is 1.36. The number of fused-ring (bicyclic) bond motifs is 2. The molecule has 0 aliphatic carbocycles. The zero-order chi connectivity index (χ0) is 23.7. The van der Waals surface area contributed by atoms with Crippen molar-refractivity contribution in [3.05, 3.63) is 88.9 Å². The van der Waals surface area contributed by atoms with Crippen LogP contribution in [-0.4, -0.2) is 28.1 Å². The third-order valence-corrected chi connectivity index (χ3v) is 6.39. The fourth-order valence-electron chi connectivity index (χ4n) is 3.82. The van der Waals surface area contributed by atoms with E-state index in [0.717, 1.165) is 43.4 Å². The molecule has 1 aromatic heterocycles. The molecule has 5 rings (SSSR count). The Morgan fingerprint density at radius 2 is 1.82 bits per heavy atom. The molecule has 4 aromatic carbocycles. The van der Waals surface area contributed by atoms with Crippen LogP contribution in [0.25, 0.3) is 33.2 Å². The molecule has 1 heterocycles. The number of para-hydroxylation sites is 2. The van der Waals surface area contributed by atoms with Crippen molar-refractivity contribution in [1.82, 2.24) is 15.3 Å². The summed E-state index contributed by atoms with van der Waals surface area (Å²) in [5.74, 6) is 0.839. The lowest BCUT2D eigenvalue weighted by molar-refractivity contribution is 0.0975. The number of hydrogen-bond acceptors (Lipinski definition) is 4. The van der Waals surface area contributed by atoms with Gasteiger partial charge in [0.2, 0.25) is 0 Å². The molecule has 5 aromatic rings. The number of methoxy groups -OCH3 is 1. The summed E-state index contributed by atoms with van der Waals surface area (Å²) in [6.07, 6.45) is 0. The van der Waals surface area contributed by atoms with Crippen LogP contribution in [0.4, 0.5) is 5.69 Å². The quantitative estimate of drug-likeness (QED) is 0.238. The highest BCUT2D eigenvalue weighted by molar-refractivity contribution is 9.10. The van der Waals surface area contributed by atoms with Crippen LogP contribution in [0.5, 0.6) is 5.75 Å². The molecule has 0 atom stereocenters. The van der Waals surface area contributed by atoms with Crippen LogP contribution < -0.4 is 15.4 Å². The third kappa shape index (κ3) is 4.25. The minimum absolute atomic E-state index is 0.179. The molecular weight excluding hydrogens is 512 g/mol. The molecule has 0 unspecified atom stereocenters. The number of nitrogens with one attached hydrogen (secondary N) is 3. The summed E-state index contributed by atoms with van der Waals surface area (Å²) in [4.78, 5) is 21.0. The fraction of sp³-hybridized carbons (Fsp3) is 0.0385. The van der Waals surface area contributed by atoms with E-state index in [2.05, 4.69) is 36.5 Å². The number of rotatable bonds is 4. The number of halogens is 1. The van der Waals surface area contributed by atoms with Crippen LogP contribution in [0.3, 0.4) is 0 Å². The summed E-state index contributed by atoms with van der Waals surface area (Å²) in [6.45, 7) is 0. The van der Waals surface area contributed by atoms with E-state index < -0.39 is 0 Å². The van der Waals surface area contributed by atoms with Gasteiger partial charge in [-0.05, 0) is 69.3 Å². The van der Waals surface area contributed by atoms with E-state index in [4.69, 9.17) is 17.0 Å². The topological polar surface area (TPSA) is 79.0 Å². The van der Waals surface area contributed by atoms with E-state index in [1.165, 1.54) is 7.11 Å². The van der Waals surface area contributed by atoms with Crippen molar-refractivity contribution in [3.8, 4) is 17.1 Å². The zero-order valence-electron chi connectivity index (χ0n) is 18.1. The van der Waals surface area contributed by atoms with E-state index in [1.54, 1.807) is 6.07 Å². The number of benzene rings is 4. The number of aromatic nitrogens is 2. The number of hydrogen-bond donors (Lipinski definition) is 3. The zero-order valence-corrected chi connectivity index (χ0v) is 20.5. The number of thiocarbonyl (C=S) groups is 1. The van der Waals surface area contributed by atoms with Crippen molar-refractivity contribution in [2.45, 2.75) is 0 Å². The highest BCUT2D eigenvalue weighted by Crippen LogP contribution is 2.36. The average Bonchev–Trinajstić information content (AvgIpc) is 3.28. The molecule has 0 aliphatic rings. The Kier molecular flexibility index (Phi) is 6.00. The van der Waals surface area contributed by atoms with Crippen LogP contribution in [-0.2, 0) is 0 Å². The van der Waals surface area contributed by atoms with Crippen molar-refractivity contribution in [3.63, 3.8) is 0 Å². The summed E-state index contributed by atoms with van der Waals surface area (Å²) >= 11 is 8.98. The second-order valence-corrected chi connectivity index (χ2v) is 8.79. The minimum atomic E-state index is -0.366. The van der Waals surface area contributed by atoms with Crippen molar-refractivity contribution >= 4 is 66.7 Å². The Morgan fingerprint density at radius 3 is 2.65 bits per heavy atom. The maximum Gasteiger partial charge on any atom is 0.261 e. The standard InChI is InChI=1S/C26H19BrN4O2S/c1-33-23-19(14-15-7-2-3-10-18(15)22(23)27)25(32)31-26(34)28-17-9-6-8-16(13-17)24-29-20-11-4-5-12-21(20)30-24/h2-14H,1H3,(H,29,30)(H2,28,31,32,34). The minimum Gasteiger partial charge on any atom is -0.495 e. The first-order valence-electron chi connectivity index (χ1n) is 10.5. The van der Waals surface area contributed by atoms with Gasteiger partial charge in [-0.2, -0.15) is 0 Å². The van der Waals surface area contributed by atoms with Gasteiger partial charge in [-0.1, -0.05) is 48.5 Å². The number of ether oxygens (including phenoxy) is 1. The molecule has 3 N–H and O–H groups in total. The molecule has 0 radical (unpaired) electrons. The lowest BCUT2D eigenvalue weighted by atomic mass is 10.1. The van der Waals surface area contributed by atoms with Crippen molar-refractivity contribution in [2.24, 2.45) is 0 Å². The summed E-state index contributed by atoms with van der Waals surface area (Å²) < 4.78 is 6.23. The van der Waals surface area contributed by atoms with Crippen LogP contribution in [0.2, 0.25) is 0 Å². The summed E-state index contributed by atoms with van der Waals surface area (Å²) in [6, 6.07) is 25.1. The van der Waals surface area contributed by atoms with Crippen molar-refractivity contribution in [2.75, 3.05) is 12.4 Å². The molecule has 6 nitrogen and oxygen atoms in total. The predicted octanol–water partition coefficient (Wildman–Crippen LogP) is 6.28. The van der Waals surface area contributed by atoms with E-state index in [-0.39, 0.29) is 11.0 Å². The highest BCUT2D eigenvalue weighted by Gasteiger charge is 2.19. The first-order valence-corrected chi connectivity index (χ1v) is 11.7. The van der Waals surface area contributed by atoms with Crippen LogP contribution in [0, 0.1) is 0 Å². The first-order chi connectivity index (χ1) is 16.5. The van der Waals surface area contributed by atoms with Crippen LogP contribution in [0.1, 0.15) is 10.4 Å². The van der Waals surface area contributed by atoms with Gasteiger partial charge in [-0.3, -0.25) is 10.1 Å². The smallest absolute Gasteiger partial charge is 0.261 e. The molecule has 168 valence electrons. The molecule has 0 saturated heterocycles. The second kappa shape index (κ2) is 9.24. The van der Waals surface area contributed by atoms with Gasteiger partial charge < -0.3 is 15.0 Å². The van der Waals surface area contributed by atoms with Gasteiger partial charge in [0, 0.05) is 11.3 Å². The van der Waals surface area contributed by atoms with Gasteiger partial charge >= 0.3 is 0 Å². The van der Waals surface area contributed by atoms with E-state index in [0.29, 0.717) is 11.3 Å². The van der Waals surface area contributed by atoms with Gasteiger partial charge in [0.05, 0.1) is 28.2 Å². The lowest BCUT2D eigenvalue weighted by Gasteiger charge is -2.15. The Morgan fingerprint density at radius 1 is 1.03 bits per heavy atom. The average molecular weight is 531 g/mol.